The van der Waals surface area contributed by atoms with E-state index in [1.807, 2.05) is 6.07 Å². The fraction of sp³-hybridized carbons (Fsp3) is 0.235. The zero-order chi connectivity index (χ0) is 15.9. The molecular weight excluding hydrogens is 285 g/mol. The molecule has 2 rings (SSSR count). The van der Waals surface area contributed by atoms with E-state index in [4.69, 9.17) is 9.47 Å². The predicted octanol–water partition coefficient (Wildman–Crippen LogP) is 2.70. The van der Waals surface area contributed by atoms with Gasteiger partial charge in [-0.3, -0.25) is 4.79 Å². The fourth-order valence-electron chi connectivity index (χ4n) is 2.07. The number of hydrogen-bond acceptors (Lipinski definition) is 3. The van der Waals surface area contributed by atoms with Gasteiger partial charge < -0.3 is 14.8 Å². The Labute approximate surface area is 128 Å². The monoisotopic (exact) mass is 303 g/mol. The van der Waals surface area contributed by atoms with Crippen LogP contribution in [0.15, 0.2) is 42.5 Å². The minimum atomic E-state index is -0.372. The molecule has 0 radical (unpaired) electrons. The molecule has 0 aliphatic heterocycles. The summed E-state index contributed by atoms with van der Waals surface area (Å²) in [5, 5.41) is 2.76. The summed E-state index contributed by atoms with van der Waals surface area (Å²) in [6, 6.07) is 11.7. The van der Waals surface area contributed by atoms with Crippen LogP contribution in [-0.2, 0) is 17.8 Å². The van der Waals surface area contributed by atoms with E-state index in [1.165, 1.54) is 6.07 Å². The topological polar surface area (TPSA) is 47.6 Å². The Morgan fingerprint density at radius 2 is 1.82 bits per heavy atom. The van der Waals surface area contributed by atoms with Crippen LogP contribution in [0.3, 0.4) is 0 Å². The molecule has 1 amide bonds. The Balaban J connectivity index is 1.95. The van der Waals surface area contributed by atoms with Crippen molar-refractivity contribution in [1.29, 1.82) is 0 Å². The van der Waals surface area contributed by atoms with Crippen LogP contribution in [-0.4, -0.2) is 20.1 Å². The average molecular weight is 303 g/mol. The predicted molar refractivity (Wildman–Crippen MR) is 81.5 cm³/mol. The summed E-state index contributed by atoms with van der Waals surface area (Å²) in [4.78, 5) is 11.9. The van der Waals surface area contributed by atoms with E-state index in [0.29, 0.717) is 23.6 Å². The summed E-state index contributed by atoms with van der Waals surface area (Å²) in [5.41, 5.74) is 1.26. The van der Waals surface area contributed by atoms with Crippen molar-refractivity contribution < 1.29 is 18.7 Å². The second-order valence-corrected chi connectivity index (χ2v) is 4.73. The van der Waals surface area contributed by atoms with Crippen molar-refractivity contribution in [3.8, 4) is 11.5 Å². The van der Waals surface area contributed by atoms with E-state index in [1.54, 1.807) is 44.6 Å². The molecule has 0 aliphatic carbocycles. The fourth-order valence-corrected chi connectivity index (χ4v) is 2.07. The van der Waals surface area contributed by atoms with E-state index in [2.05, 4.69) is 5.32 Å². The van der Waals surface area contributed by atoms with Gasteiger partial charge >= 0.3 is 0 Å². The lowest BCUT2D eigenvalue weighted by Gasteiger charge is -2.10. The highest BCUT2D eigenvalue weighted by molar-refractivity contribution is 5.78. The summed E-state index contributed by atoms with van der Waals surface area (Å²) in [5.74, 6) is 0.621. The molecule has 116 valence electrons. The minimum Gasteiger partial charge on any atom is -0.493 e. The van der Waals surface area contributed by atoms with Gasteiger partial charge in [-0.25, -0.2) is 4.39 Å². The summed E-state index contributed by atoms with van der Waals surface area (Å²) in [6.45, 7) is 0.341. The molecule has 2 aromatic rings. The largest absolute Gasteiger partial charge is 0.493 e. The molecule has 0 spiro atoms. The zero-order valence-electron chi connectivity index (χ0n) is 12.6. The van der Waals surface area contributed by atoms with Crippen molar-refractivity contribution in [1.82, 2.24) is 5.32 Å². The Hall–Kier alpha value is -2.56. The molecule has 0 aliphatic rings. The minimum absolute atomic E-state index is 0.0139. The quantitative estimate of drug-likeness (QED) is 0.892. The lowest BCUT2D eigenvalue weighted by Crippen LogP contribution is -2.24. The number of amides is 1. The molecule has 22 heavy (non-hydrogen) atoms. The number of methoxy groups -OCH3 is 2. The molecule has 0 saturated heterocycles. The van der Waals surface area contributed by atoms with E-state index >= 15 is 0 Å². The first-order chi connectivity index (χ1) is 10.6. The first kappa shape index (κ1) is 15.8. The maximum absolute atomic E-state index is 13.5. The maximum atomic E-state index is 13.5. The Morgan fingerprint density at radius 3 is 2.50 bits per heavy atom. The number of rotatable bonds is 6. The van der Waals surface area contributed by atoms with Crippen LogP contribution in [0.1, 0.15) is 11.1 Å². The van der Waals surface area contributed by atoms with Gasteiger partial charge in [-0.1, -0.05) is 24.3 Å². The van der Waals surface area contributed by atoms with Crippen molar-refractivity contribution >= 4 is 5.91 Å². The highest BCUT2D eigenvalue weighted by atomic mass is 19.1. The number of carbonyl (C=O) groups is 1. The van der Waals surface area contributed by atoms with Gasteiger partial charge in [0.1, 0.15) is 5.82 Å². The third-order valence-electron chi connectivity index (χ3n) is 3.25. The molecular formula is C17H18FNO3. The lowest BCUT2D eigenvalue weighted by atomic mass is 10.1. The Bertz CT molecular complexity index is 658. The molecule has 0 heterocycles. The van der Waals surface area contributed by atoms with Crippen molar-refractivity contribution in [2.45, 2.75) is 13.0 Å². The van der Waals surface area contributed by atoms with E-state index in [-0.39, 0.29) is 18.1 Å². The molecule has 0 fully saturated rings. The van der Waals surface area contributed by atoms with Gasteiger partial charge in [0.15, 0.2) is 11.5 Å². The van der Waals surface area contributed by atoms with E-state index in [9.17, 15) is 9.18 Å². The lowest BCUT2D eigenvalue weighted by molar-refractivity contribution is -0.120. The number of halogens is 1. The van der Waals surface area contributed by atoms with Gasteiger partial charge in [-0.05, 0) is 29.3 Å². The first-order valence-corrected chi connectivity index (χ1v) is 6.85. The highest BCUT2D eigenvalue weighted by Gasteiger charge is 2.09. The number of hydrogen-bond donors (Lipinski definition) is 1. The average Bonchev–Trinajstić information content (AvgIpc) is 2.54. The van der Waals surface area contributed by atoms with Crippen molar-refractivity contribution in [3.63, 3.8) is 0 Å². The van der Waals surface area contributed by atoms with E-state index < -0.39 is 0 Å². The number of nitrogens with one attached hydrogen (secondary N) is 1. The molecule has 2 aromatic carbocycles. The second kappa shape index (κ2) is 7.45. The van der Waals surface area contributed by atoms with Crippen LogP contribution in [0.5, 0.6) is 11.5 Å². The summed E-state index contributed by atoms with van der Waals surface area (Å²) >= 11 is 0. The van der Waals surface area contributed by atoms with Crippen LogP contribution in [0, 0.1) is 5.82 Å². The third-order valence-corrected chi connectivity index (χ3v) is 3.25. The van der Waals surface area contributed by atoms with Crippen LogP contribution < -0.4 is 14.8 Å². The smallest absolute Gasteiger partial charge is 0.224 e. The molecule has 4 nitrogen and oxygen atoms in total. The maximum Gasteiger partial charge on any atom is 0.224 e. The third kappa shape index (κ3) is 3.97. The molecule has 0 unspecified atom stereocenters. The molecule has 0 saturated carbocycles. The normalized spacial score (nSPS) is 10.1. The van der Waals surface area contributed by atoms with Gasteiger partial charge in [-0.2, -0.15) is 0 Å². The molecule has 0 bridgehead atoms. The SMILES string of the molecule is COc1ccc(CNC(=O)Cc2ccccc2F)cc1OC. The zero-order valence-corrected chi connectivity index (χ0v) is 12.6. The first-order valence-electron chi connectivity index (χ1n) is 6.85. The number of ether oxygens (including phenoxy) is 2. The van der Waals surface area contributed by atoms with Crippen LogP contribution in [0.4, 0.5) is 4.39 Å². The number of carbonyl (C=O) groups excluding carboxylic acids is 1. The van der Waals surface area contributed by atoms with Crippen molar-refractivity contribution in [2.24, 2.45) is 0 Å². The van der Waals surface area contributed by atoms with Gasteiger partial charge in [-0.15, -0.1) is 0 Å². The standard InChI is InChI=1S/C17H18FNO3/c1-21-15-8-7-12(9-16(15)22-2)11-19-17(20)10-13-5-3-4-6-14(13)18/h3-9H,10-11H2,1-2H3,(H,19,20). The molecule has 5 heteroatoms. The Morgan fingerprint density at radius 1 is 1.09 bits per heavy atom. The molecule has 0 aromatic heterocycles. The van der Waals surface area contributed by atoms with Crippen LogP contribution in [0.25, 0.3) is 0 Å². The second-order valence-electron chi connectivity index (χ2n) is 4.73. The van der Waals surface area contributed by atoms with Crippen LogP contribution in [0.2, 0.25) is 0 Å². The molecule has 0 atom stereocenters. The van der Waals surface area contributed by atoms with Crippen molar-refractivity contribution in [3.05, 3.63) is 59.4 Å². The van der Waals surface area contributed by atoms with Crippen molar-refractivity contribution in [2.75, 3.05) is 14.2 Å². The van der Waals surface area contributed by atoms with Gasteiger partial charge in [0.05, 0.1) is 20.6 Å². The number of benzene rings is 2. The molecule has 1 N–H and O–H groups in total. The van der Waals surface area contributed by atoms with Gasteiger partial charge in [0.25, 0.3) is 0 Å². The summed E-state index contributed by atoms with van der Waals surface area (Å²) in [7, 11) is 3.12. The summed E-state index contributed by atoms with van der Waals surface area (Å²) in [6.07, 6.45) is 0.0139. The summed E-state index contributed by atoms with van der Waals surface area (Å²) < 4.78 is 23.8. The highest BCUT2D eigenvalue weighted by Crippen LogP contribution is 2.27. The van der Waals surface area contributed by atoms with Crippen LogP contribution >= 0.6 is 0 Å². The van der Waals surface area contributed by atoms with Gasteiger partial charge in [0, 0.05) is 6.54 Å². The van der Waals surface area contributed by atoms with Gasteiger partial charge in [0.2, 0.25) is 5.91 Å². The Kier molecular flexibility index (Phi) is 5.36. The van der Waals surface area contributed by atoms with E-state index in [0.717, 1.165) is 5.56 Å².